The number of benzene rings is 1. The molecular weight excluding hydrogens is 354 g/mol. The van der Waals surface area contributed by atoms with Crippen LogP contribution in [0.1, 0.15) is 22.2 Å². The van der Waals surface area contributed by atoms with Gasteiger partial charge in [-0.05, 0) is 19.1 Å². The lowest BCUT2D eigenvalue weighted by molar-refractivity contribution is -0.143. The summed E-state index contributed by atoms with van der Waals surface area (Å²) in [4.78, 5) is 35.1. The van der Waals surface area contributed by atoms with Crippen LogP contribution in [-0.2, 0) is 16.1 Å². The van der Waals surface area contributed by atoms with Gasteiger partial charge in [0, 0.05) is 5.56 Å². The molecule has 0 saturated heterocycles. The van der Waals surface area contributed by atoms with E-state index < -0.39 is 10.8 Å². The molecule has 1 heterocycles. The minimum absolute atomic E-state index is 0.0655. The standard InChI is InChI=1S/C15H14ClN3O4S/c1-2-23-12(20)9-19-13(16)11(24-15(19)22)8-17-18-14(21)10-6-4-3-5-7-10/h3-8H,2,9H2,1H3,(H,18,21)/b17-8-. The summed E-state index contributed by atoms with van der Waals surface area (Å²) in [6.45, 7) is 1.62. The number of rotatable bonds is 6. The molecule has 0 unspecified atom stereocenters. The van der Waals surface area contributed by atoms with Crippen LogP contribution in [0.5, 0.6) is 0 Å². The van der Waals surface area contributed by atoms with Crippen molar-refractivity contribution >= 4 is 41.0 Å². The lowest BCUT2D eigenvalue weighted by Gasteiger charge is -2.03. The van der Waals surface area contributed by atoms with Crippen molar-refractivity contribution in [3.63, 3.8) is 0 Å². The van der Waals surface area contributed by atoms with Crippen LogP contribution < -0.4 is 10.3 Å². The second-order valence-electron chi connectivity index (χ2n) is 4.48. The predicted molar refractivity (Wildman–Crippen MR) is 91.7 cm³/mol. The zero-order valence-electron chi connectivity index (χ0n) is 12.7. The SMILES string of the molecule is CCOC(=O)Cn1c(Cl)c(/C=N\NC(=O)c2ccccc2)sc1=O. The van der Waals surface area contributed by atoms with E-state index in [1.165, 1.54) is 6.21 Å². The van der Waals surface area contributed by atoms with Crippen LogP contribution in [-0.4, -0.2) is 29.3 Å². The van der Waals surface area contributed by atoms with Crippen LogP contribution in [0, 0.1) is 0 Å². The first-order valence-electron chi connectivity index (χ1n) is 6.96. The molecule has 1 aromatic carbocycles. The van der Waals surface area contributed by atoms with E-state index >= 15 is 0 Å². The number of carbonyl (C=O) groups is 2. The maximum absolute atomic E-state index is 11.9. The Balaban J connectivity index is 2.06. The van der Waals surface area contributed by atoms with Crippen molar-refractivity contribution in [2.75, 3.05) is 6.61 Å². The van der Waals surface area contributed by atoms with Gasteiger partial charge < -0.3 is 4.74 Å². The molecule has 0 bridgehead atoms. The summed E-state index contributed by atoms with van der Waals surface area (Å²) in [6, 6.07) is 8.55. The summed E-state index contributed by atoms with van der Waals surface area (Å²) in [5.74, 6) is -0.943. The molecule has 0 atom stereocenters. The molecule has 9 heteroatoms. The average molecular weight is 368 g/mol. The summed E-state index contributed by atoms with van der Waals surface area (Å²) in [5, 5.41) is 3.85. The molecule has 0 radical (unpaired) electrons. The van der Waals surface area contributed by atoms with Gasteiger partial charge in [0.1, 0.15) is 11.7 Å². The summed E-state index contributed by atoms with van der Waals surface area (Å²) < 4.78 is 5.87. The molecule has 0 aliphatic carbocycles. The highest BCUT2D eigenvalue weighted by atomic mass is 35.5. The maximum atomic E-state index is 11.9. The molecule has 24 heavy (non-hydrogen) atoms. The number of thiazole rings is 1. The molecular formula is C15H14ClN3O4S. The lowest BCUT2D eigenvalue weighted by Crippen LogP contribution is -2.21. The van der Waals surface area contributed by atoms with Crippen molar-refractivity contribution in [2.24, 2.45) is 5.10 Å². The number of esters is 1. The molecule has 0 aliphatic rings. The summed E-state index contributed by atoms with van der Waals surface area (Å²) in [7, 11) is 0. The zero-order chi connectivity index (χ0) is 17.5. The fraction of sp³-hybridized carbons (Fsp3) is 0.200. The molecule has 1 amide bonds. The third kappa shape index (κ3) is 4.53. The highest BCUT2D eigenvalue weighted by Crippen LogP contribution is 2.16. The van der Waals surface area contributed by atoms with Gasteiger partial charge in [0.05, 0.1) is 17.7 Å². The van der Waals surface area contributed by atoms with Gasteiger partial charge in [-0.3, -0.25) is 19.0 Å². The molecule has 0 aliphatic heterocycles. The molecule has 2 rings (SSSR count). The smallest absolute Gasteiger partial charge is 0.326 e. The van der Waals surface area contributed by atoms with E-state index in [2.05, 4.69) is 10.5 Å². The monoisotopic (exact) mass is 367 g/mol. The number of nitrogens with one attached hydrogen (secondary N) is 1. The largest absolute Gasteiger partial charge is 0.465 e. The third-order valence-corrected chi connectivity index (χ3v) is 4.27. The summed E-state index contributed by atoms with van der Waals surface area (Å²) >= 11 is 6.88. The van der Waals surface area contributed by atoms with Crippen molar-refractivity contribution in [3.8, 4) is 0 Å². The van der Waals surface area contributed by atoms with Crippen molar-refractivity contribution in [3.05, 3.63) is 55.6 Å². The van der Waals surface area contributed by atoms with E-state index in [1.807, 2.05) is 0 Å². The lowest BCUT2D eigenvalue weighted by atomic mass is 10.2. The molecule has 1 N–H and O–H groups in total. The number of hydrazone groups is 1. The number of nitrogens with zero attached hydrogens (tertiary/aromatic N) is 2. The van der Waals surface area contributed by atoms with Crippen LogP contribution in [0.4, 0.5) is 0 Å². The number of hydrogen-bond donors (Lipinski definition) is 1. The van der Waals surface area contributed by atoms with Gasteiger partial charge in [0.25, 0.3) is 5.91 Å². The molecule has 0 fully saturated rings. The molecule has 0 saturated carbocycles. The van der Waals surface area contributed by atoms with Crippen LogP contribution in [0.2, 0.25) is 5.15 Å². The van der Waals surface area contributed by atoms with E-state index in [0.29, 0.717) is 10.4 Å². The second-order valence-corrected chi connectivity index (χ2v) is 5.83. The molecule has 7 nitrogen and oxygen atoms in total. The van der Waals surface area contributed by atoms with Gasteiger partial charge in [-0.15, -0.1) is 0 Å². The van der Waals surface area contributed by atoms with Gasteiger partial charge in [-0.2, -0.15) is 5.10 Å². The van der Waals surface area contributed by atoms with Crippen LogP contribution >= 0.6 is 22.9 Å². The minimum atomic E-state index is -0.555. The van der Waals surface area contributed by atoms with Crippen LogP contribution in [0.3, 0.4) is 0 Å². The third-order valence-electron chi connectivity index (χ3n) is 2.83. The van der Waals surface area contributed by atoms with Gasteiger partial charge >= 0.3 is 10.8 Å². The number of halogens is 1. The van der Waals surface area contributed by atoms with Crippen molar-refractivity contribution < 1.29 is 14.3 Å². The van der Waals surface area contributed by atoms with E-state index in [4.69, 9.17) is 16.3 Å². The number of hydrogen-bond acceptors (Lipinski definition) is 6. The Kier molecular flexibility index (Phi) is 6.28. The number of ether oxygens (including phenoxy) is 1. The highest BCUT2D eigenvalue weighted by Gasteiger charge is 2.15. The highest BCUT2D eigenvalue weighted by molar-refractivity contribution is 7.11. The Labute approximate surface area is 146 Å². The predicted octanol–water partition coefficient (Wildman–Crippen LogP) is 1.89. The van der Waals surface area contributed by atoms with Crippen LogP contribution in [0.15, 0.2) is 40.2 Å². The van der Waals surface area contributed by atoms with Gasteiger partial charge in [0.15, 0.2) is 0 Å². The normalized spacial score (nSPS) is 10.8. The molecule has 1 aromatic heterocycles. The second kappa shape index (κ2) is 8.42. The number of amides is 1. The number of aromatic nitrogens is 1. The first kappa shape index (κ1) is 17.9. The van der Waals surface area contributed by atoms with Gasteiger partial charge in [-0.1, -0.05) is 41.1 Å². The Hall–Kier alpha value is -2.45. The fourth-order valence-corrected chi connectivity index (χ4v) is 2.86. The molecule has 2 aromatic rings. The van der Waals surface area contributed by atoms with Gasteiger partial charge in [0.2, 0.25) is 0 Å². The molecule has 126 valence electrons. The first-order valence-corrected chi connectivity index (χ1v) is 8.15. The van der Waals surface area contributed by atoms with Crippen molar-refractivity contribution in [1.29, 1.82) is 0 Å². The van der Waals surface area contributed by atoms with E-state index in [1.54, 1.807) is 37.3 Å². The fourth-order valence-electron chi connectivity index (χ4n) is 1.76. The maximum Gasteiger partial charge on any atom is 0.326 e. The van der Waals surface area contributed by atoms with Gasteiger partial charge in [-0.25, -0.2) is 5.43 Å². The van der Waals surface area contributed by atoms with Crippen LogP contribution in [0.25, 0.3) is 0 Å². The Morgan fingerprint density at radius 2 is 2.08 bits per heavy atom. The minimum Gasteiger partial charge on any atom is -0.465 e. The molecule has 0 spiro atoms. The Bertz CT molecular complexity index is 814. The quantitative estimate of drug-likeness (QED) is 0.479. The van der Waals surface area contributed by atoms with E-state index in [-0.39, 0.29) is 24.2 Å². The average Bonchev–Trinajstić information content (AvgIpc) is 2.83. The Morgan fingerprint density at radius 1 is 1.38 bits per heavy atom. The number of carbonyl (C=O) groups excluding carboxylic acids is 2. The van der Waals surface area contributed by atoms with E-state index in [0.717, 1.165) is 15.9 Å². The topological polar surface area (TPSA) is 89.8 Å². The van der Waals surface area contributed by atoms with Crippen molar-refractivity contribution in [2.45, 2.75) is 13.5 Å². The first-order chi connectivity index (χ1) is 11.5. The zero-order valence-corrected chi connectivity index (χ0v) is 14.3. The van der Waals surface area contributed by atoms with Crippen molar-refractivity contribution in [1.82, 2.24) is 9.99 Å². The summed E-state index contributed by atoms with van der Waals surface area (Å²) in [6.07, 6.45) is 1.26. The van der Waals surface area contributed by atoms with E-state index in [9.17, 15) is 14.4 Å². The Morgan fingerprint density at radius 3 is 2.75 bits per heavy atom. The summed E-state index contributed by atoms with van der Waals surface area (Å²) in [5.41, 5.74) is 2.79.